The number of carbonyl (C=O) groups is 2. The SMILES string of the molecule is NC1(Nc2cccc3c2C(=O)c2ccccc2C3=O)CCCCC1. The third kappa shape index (κ3) is 2.34. The number of fused-ring (bicyclic) bond motifs is 2. The topological polar surface area (TPSA) is 72.2 Å². The fourth-order valence-corrected chi connectivity index (χ4v) is 3.83. The second-order valence-electron chi connectivity index (χ2n) is 6.77. The molecule has 0 heterocycles. The van der Waals surface area contributed by atoms with Gasteiger partial charge in [-0.15, -0.1) is 0 Å². The molecule has 0 radical (unpaired) electrons. The maximum atomic E-state index is 13.0. The molecule has 2 aromatic rings. The van der Waals surface area contributed by atoms with E-state index in [0.29, 0.717) is 27.9 Å². The van der Waals surface area contributed by atoms with Crippen LogP contribution in [0.3, 0.4) is 0 Å². The standard InChI is InChI=1S/C20H20N2O2/c21-20(11-4-1-5-12-20)22-16-10-6-9-15-17(16)19(24)14-8-3-2-7-13(14)18(15)23/h2-3,6-10,22H,1,4-5,11-12,21H2. The normalized spacial score (nSPS) is 18.7. The Morgan fingerprint density at radius 2 is 1.42 bits per heavy atom. The number of anilines is 1. The zero-order valence-corrected chi connectivity index (χ0v) is 13.5. The van der Waals surface area contributed by atoms with E-state index >= 15 is 0 Å². The second-order valence-corrected chi connectivity index (χ2v) is 6.77. The van der Waals surface area contributed by atoms with Crippen LogP contribution in [0.4, 0.5) is 5.69 Å². The number of ketones is 2. The van der Waals surface area contributed by atoms with Crippen molar-refractivity contribution in [1.29, 1.82) is 0 Å². The summed E-state index contributed by atoms with van der Waals surface area (Å²) in [5.41, 5.74) is 8.52. The van der Waals surface area contributed by atoms with Crippen LogP contribution >= 0.6 is 0 Å². The van der Waals surface area contributed by atoms with Gasteiger partial charge in [0.15, 0.2) is 11.6 Å². The number of nitrogens with two attached hydrogens (primary N) is 1. The molecule has 0 atom stereocenters. The first-order valence-electron chi connectivity index (χ1n) is 8.48. The van der Waals surface area contributed by atoms with Crippen LogP contribution < -0.4 is 11.1 Å². The predicted octanol–water partition coefficient (Wildman–Crippen LogP) is 3.49. The van der Waals surface area contributed by atoms with Gasteiger partial charge in [0, 0.05) is 22.4 Å². The van der Waals surface area contributed by atoms with Gasteiger partial charge in [-0.1, -0.05) is 42.8 Å². The number of benzene rings is 2. The molecular formula is C20H20N2O2. The van der Waals surface area contributed by atoms with Crippen LogP contribution in [0.2, 0.25) is 0 Å². The maximum Gasteiger partial charge on any atom is 0.196 e. The van der Waals surface area contributed by atoms with Crippen molar-refractivity contribution in [1.82, 2.24) is 0 Å². The molecule has 1 saturated carbocycles. The zero-order valence-electron chi connectivity index (χ0n) is 13.5. The summed E-state index contributed by atoms with van der Waals surface area (Å²) >= 11 is 0. The molecule has 0 bridgehead atoms. The molecule has 0 amide bonds. The van der Waals surface area contributed by atoms with E-state index in [9.17, 15) is 9.59 Å². The van der Waals surface area contributed by atoms with Crippen LogP contribution in [-0.2, 0) is 0 Å². The molecule has 4 rings (SSSR count). The molecular weight excluding hydrogens is 300 g/mol. The fraction of sp³-hybridized carbons (Fsp3) is 0.300. The Bertz CT molecular complexity index is 835. The number of hydrogen-bond acceptors (Lipinski definition) is 4. The summed E-state index contributed by atoms with van der Waals surface area (Å²) in [4.78, 5) is 25.8. The van der Waals surface area contributed by atoms with Gasteiger partial charge in [0.05, 0.1) is 11.2 Å². The third-order valence-electron chi connectivity index (χ3n) is 5.08. The lowest BCUT2D eigenvalue weighted by atomic mass is 9.82. The average molecular weight is 320 g/mol. The van der Waals surface area contributed by atoms with Crippen LogP contribution in [0.5, 0.6) is 0 Å². The Labute approximate surface area is 141 Å². The summed E-state index contributed by atoms with van der Waals surface area (Å²) in [6, 6.07) is 12.4. The van der Waals surface area contributed by atoms with E-state index in [1.54, 1.807) is 30.3 Å². The summed E-state index contributed by atoms with van der Waals surface area (Å²) in [5.74, 6) is -0.207. The highest BCUT2D eigenvalue weighted by molar-refractivity contribution is 6.30. The van der Waals surface area contributed by atoms with Crippen LogP contribution in [0.1, 0.15) is 63.9 Å². The molecule has 2 aromatic carbocycles. The highest BCUT2D eigenvalue weighted by Gasteiger charge is 2.34. The predicted molar refractivity (Wildman–Crippen MR) is 93.4 cm³/mol. The van der Waals surface area contributed by atoms with Gasteiger partial charge in [0.25, 0.3) is 0 Å². The van der Waals surface area contributed by atoms with Crippen molar-refractivity contribution in [2.45, 2.75) is 37.8 Å². The third-order valence-corrected chi connectivity index (χ3v) is 5.08. The molecule has 2 aliphatic rings. The summed E-state index contributed by atoms with van der Waals surface area (Å²) in [7, 11) is 0. The van der Waals surface area contributed by atoms with Crippen LogP contribution in [0.25, 0.3) is 0 Å². The minimum atomic E-state index is -0.506. The molecule has 1 fully saturated rings. The summed E-state index contributed by atoms with van der Waals surface area (Å²) < 4.78 is 0. The van der Waals surface area contributed by atoms with E-state index < -0.39 is 5.66 Å². The molecule has 2 aliphatic carbocycles. The summed E-state index contributed by atoms with van der Waals surface area (Å²) in [6.07, 6.45) is 5.09. The van der Waals surface area contributed by atoms with E-state index in [4.69, 9.17) is 5.73 Å². The molecule has 24 heavy (non-hydrogen) atoms. The minimum Gasteiger partial charge on any atom is -0.367 e. The zero-order chi connectivity index (χ0) is 16.7. The maximum absolute atomic E-state index is 13.0. The van der Waals surface area contributed by atoms with Crippen molar-refractivity contribution in [2.75, 3.05) is 5.32 Å². The van der Waals surface area contributed by atoms with E-state index in [-0.39, 0.29) is 11.6 Å². The molecule has 0 saturated heterocycles. The second kappa shape index (κ2) is 5.56. The van der Waals surface area contributed by atoms with Gasteiger partial charge in [-0.25, -0.2) is 0 Å². The van der Waals surface area contributed by atoms with Crippen molar-refractivity contribution >= 4 is 17.3 Å². The number of rotatable bonds is 2. The molecule has 3 N–H and O–H groups in total. The Hall–Kier alpha value is -2.46. The van der Waals surface area contributed by atoms with E-state index in [1.165, 1.54) is 6.42 Å². The van der Waals surface area contributed by atoms with Gasteiger partial charge < -0.3 is 11.1 Å². The molecule has 4 heteroatoms. The van der Waals surface area contributed by atoms with Crippen molar-refractivity contribution in [3.8, 4) is 0 Å². The first-order chi connectivity index (χ1) is 11.6. The van der Waals surface area contributed by atoms with Crippen LogP contribution in [0.15, 0.2) is 42.5 Å². The van der Waals surface area contributed by atoms with Crippen molar-refractivity contribution in [3.63, 3.8) is 0 Å². The molecule has 0 aliphatic heterocycles. The molecule has 122 valence electrons. The van der Waals surface area contributed by atoms with Gasteiger partial charge in [0.1, 0.15) is 0 Å². The smallest absolute Gasteiger partial charge is 0.196 e. The Kier molecular flexibility index (Phi) is 3.50. The lowest BCUT2D eigenvalue weighted by Crippen LogP contribution is -2.49. The van der Waals surface area contributed by atoms with E-state index in [0.717, 1.165) is 25.7 Å². The molecule has 0 aromatic heterocycles. The highest BCUT2D eigenvalue weighted by atomic mass is 16.1. The highest BCUT2D eigenvalue weighted by Crippen LogP contribution is 2.35. The van der Waals surface area contributed by atoms with E-state index in [2.05, 4.69) is 5.32 Å². The van der Waals surface area contributed by atoms with Gasteiger partial charge in [-0.2, -0.15) is 0 Å². The number of nitrogens with one attached hydrogen (secondary N) is 1. The Balaban J connectivity index is 1.80. The van der Waals surface area contributed by atoms with Gasteiger partial charge in [-0.05, 0) is 31.7 Å². The lowest BCUT2D eigenvalue weighted by Gasteiger charge is -2.36. The summed E-state index contributed by atoms with van der Waals surface area (Å²) in [6.45, 7) is 0. The van der Waals surface area contributed by atoms with Crippen molar-refractivity contribution in [2.24, 2.45) is 5.73 Å². The van der Waals surface area contributed by atoms with Crippen LogP contribution in [-0.4, -0.2) is 17.2 Å². The monoisotopic (exact) mass is 320 g/mol. The van der Waals surface area contributed by atoms with Gasteiger partial charge in [-0.3, -0.25) is 9.59 Å². The van der Waals surface area contributed by atoms with Crippen molar-refractivity contribution < 1.29 is 9.59 Å². The minimum absolute atomic E-state index is 0.0986. The van der Waals surface area contributed by atoms with Crippen LogP contribution in [0, 0.1) is 0 Å². The van der Waals surface area contributed by atoms with Crippen molar-refractivity contribution in [3.05, 3.63) is 64.7 Å². The first kappa shape index (κ1) is 15.1. The van der Waals surface area contributed by atoms with Gasteiger partial charge in [0.2, 0.25) is 0 Å². The largest absolute Gasteiger partial charge is 0.367 e. The molecule has 4 nitrogen and oxygen atoms in total. The van der Waals surface area contributed by atoms with E-state index in [1.807, 2.05) is 12.1 Å². The molecule has 0 unspecified atom stereocenters. The lowest BCUT2D eigenvalue weighted by molar-refractivity contribution is 0.0979. The molecule has 0 spiro atoms. The quantitative estimate of drug-likeness (QED) is 0.709. The number of hydrogen-bond donors (Lipinski definition) is 2. The summed E-state index contributed by atoms with van der Waals surface area (Å²) in [5, 5.41) is 3.37. The number of carbonyl (C=O) groups excluding carboxylic acids is 2. The average Bonchev–Trinajstić information content (AvgIpc) is 2.60. The van der Waals surface area contributed by atoms with Gasteiger partial charge >= 0.3 is 0 Å². The first-order valence-corrected chi connectivity index (χ1v) is 8.48. The Morgan fingerprint density at radius 1 is 0.792 bits per heavy atom. The Morgan fingerprint density at radius 3 is 2.12 bits per heavy atom. The fourth-order valence-electron chi connectivity index (χ4n) is 3.83.